The quantitative estimate of drug-likeness (QED) is 0.756. The van der Waals surface area contributed by atoms with Gasteiger partial charge in [0.05, 0.1) is 12.2 Å². The molecule has 0 radical (unpaired) electrons. The first kappa shape index (κ1) is 16.1. The van der Waals surface area contributed by atoms with E-state index in [1.807, 2.05) is 0 Å². The predicted molar refractivity (Wildman–Crippen MR) is 93.1 cm³/mol. The molecule has 4 rings (SSSR count). The third-order valence-electron chi connectivity index (χ3n) is 8.47. The molecular formula is C21H34O2. The lowest BCUT2D eigenvalue weighted by molar-refractivity contribution is -0.119. The normalized spacial score (nSPS) is 52.7. The van der Waals surface area contributed by atoms with Gasteiger partial charge in [0.15, 0.2) is 0 Å². The number of aliphatic hydroxyl groups is 1. The summed E-state index contributed by atoms with van der Waals surface area (Å²) in [5.74, 6) is 4.35. The summed E-state index contributed by atoms with van der Waals surface area (Å²) in [6.45, 7) is 7.45. The number of hydrogen-bond donors (Lipinski definition) is 1. The van der Waals surface area contributed by atoms with Crippen molar-refractivity contribution in [1.82, 2.24) is 0 Å². The Kier molecular flexibility index (Phi) is 3.93. The maximum absolute atomic E-state index is 10.8. The molecule has 4 aliphatic carbocycles. The minimum atomic E-state index is -0.548. The maximum atomic E-state index is 10.8. The number of fused-ring (bicyclic) bond motifs is 5. The van der Waals surface area contributed by atoms with E-state index in [-0.39, 0.29) is 0 Å². The second-order valence-electron chi connectivity index (χ2n) is 9.43. The second kappa shape index (κ2) is 5.59. The number of allylic oxidation sites excluding steroid dienone is 1. The zero-order valence-corrected chi connectivity index (χ0v) is 15.0. The van der Waals surface area contributed by atoms with Gasteiger partial charge in [-0.1, -0.05) is 19.1 Å². The van der Waals surface area contributed by atoms with Crippen LogP contribution in [0.3, 0.4) is 0 Å². The van der Waals surface area contributed by atoms with Crippen molar-refractivity contribution in [3.63, 3.8) is 0 Å². The summed E-state index contributed by atoms with van der Waals surface area (Å²) in [7, 11) is 1.72. The van der Waals surface area contributed by atoms with E-state index in [1.165, 1.54) is 44.9 Å². The van der Waals surface area contributed by atoms with Crippen LogP contribution in [0.1, 0.15) is 64.7 Å². The Morgan fingerprint density at radius 2 is 1.87 bits per heavy atom. The van der Waals surface area contributed by atoms with Gasteiger partial charge in [-0.15, -0.1) is 0 Å². The molecule has 0 saturated heterocycles. The molecule has 1 N–H and O–H groups in total. The van der Waals surface area contributed by atoms with Gasteiger partial charge in [0, 0.05) is 7.11 Å². The lowest BCUT2D eigenvalue weighted by Crippen LogP contribution is -2.51. The van der Waals surface area contributed by atoms with Gasteiger partial charge >= 0.3 is 0 Å². The molecule has 23 heavy (non-hydrogen) atoms. The highest BCUT2D eigenvalue weighted by atomic mass is 16.5. The van der Waals surface area contributed by atoms with Crippen molar-refractivity contribution in [2.45, 2.75) is 70.3 Å². The predicted octanol–water partition coefficient (Wildman–Crippen LogP) is 4.57. The van der Waals surface area contributed by atoms with Gasteiger partial charge in [0.25, 0.3) is 0 Å². The van der Waals surface area contributed by atoms with Crippen LogP contribution >= 0.6 is 0 Å². The van der Waals surface area contributed by atoms with Crippen LogP contribution in [0.15, 0.2) is 12.2 Å². The van der Waals surface area contributed by atoms with Gasteiger partial charge in [-0.3, -0.25) is 0 Å². The van der Waals surface area contributed by atoms with Crippen LogP contribution < -0.4 is 0 Å². The Bertz CT molecular complexity index is 486. The molecule has 2 nitrogen and oxygen atoms in total. The van der Waals surface area contributed by atoms with Crippen LogP contribution in [0, 0.1) is 35.0 Å². The maximum Gasteiger partial charge on any atom is 0.0882 e. The van der Waals surface area contributed by atoms with Crippen LogP contribution in [0.5, 0.6) is 0 Å². The molecule has 0 bridgehead atoms. The first-order valence-electron chi connectivity index (χ1n) is 9.86. The average Bonchev–Trinajstić information content (AvgIpc) is 2.82. The van der Waals surface area contributed by atoms with E-state index < -0.39 is 5.60 Å². The Morgan fingerprint density at radius 3 is 2.65 bits per heavy atom. The van der Waals surface area contributed by atoms with Crippen LogP contribution in [-0.2, 0) is 4.74 Å². The molecule has 2 heteroatoms. The minimum Gasteiger partial charge on any atom is -0.387 e. The highest BCUT2D eigenvalue weighted by molar-refractivity contribution is 5.20. The fourth-order valence-electron chi connectivity index (χ4n) is 7.27. The Labute approximate surface area is 141 Å². The topological polar surface area (TPSA) is 29.5 Å². The summed E-state index contributed by atoms with van der Waals surface area (Å²) in [6, 6.07) is 0. The van der Waals surface area contributed by atoms with E-state index in [0.717, 1.165) is 42.4 Å². The number of rotatable bonds is 2. The lowest BCUT2D eigenvalue weighted by atomic mass is 9.49. The smallest absolute Gasteiger partial charge is 0.0882 e. The highest BCUT2D eigenvalue weighted by Crippen LogP contribution is 2.64. The molecular weight excluding hydrogens is 284 g/mol. The molecule has 4 aliphatic rings. The van der Waals surface area contributed by atoms with E-state index in [9.17, 15) is 5.11 Å². The molecule has 0 spiro atoms. The van der Waals surface area contributed by atoms with Crippen LogP contribution in [0.2, 0.25) is 0 Å². The Hall–Kier alpha value is -0.340. The molecule has 0 aromatic rings. The first-order chi connectivity index (χ1) is 11.0. The first-order valence-corrected chi connectivity index (χ1v) is 9.86. The van der Waals surface area contributed by atoms with Gasteiger partial charge in [0.1, 0.15) is 0 Å². The molecule has 0 aromatic heterocycles. The van der Waals surface area contributed by atoms with Gasteiger partial charge in [-0.25, -0.2) is 0 Å². The van der Waals surface area contributed by atoms with Gasteiger partial charge in [-0.05, 0) is 92.8 Å². The van der Waals surface area contributed by atoms with Gasteiger partial charge in [-0.2, -0.15) is 0 Å². The van der Waals surface area contributed by atoms with E-state index in [4.69, 9.17) is 4.74 Å². The van der Waals surface area contributed by atoms with E-state index in [2.05, 4.69) is 13.5 Å². The fourth-order valence-corrected chi connectivity index (χ4v) is 7.27. The summed E-state index contributed by atoms with van der Waals surface area (Å²) in [5, 5.41) is 10.8. The molecule has 0 unspecified atom stereocenters. The molecule has 4 fully saturated rings. The summed E-state index contributed by atoms with van der Waals surface area (Å²) in [6.07, 6.45) is 11.3. The Morgan fingerprint density at radius 1 is 1.09 bits per heavy atom. The van der Waals surface area contributed by atoms with Crippen molar-refractivity contribution in [2.75, 3.05) is 13.7 Å². The van der Waals surface area contributed by atoms with E-state index in [0.29, 0.717) is 12.0 Å². The highest BCUT2D eigenvalue weighted by Gasteiger charge is 2.55. The number of methoxy groups -OCH3 is 1. The zero-order chi connectivity index (χ0) is 16.2. The summed E-state index contributed by atoms with van der Waals surface area (Å²) < 4.78 is 5.29. The molecule has 0 aromatic carbocycles. The fraction of sp³-hybridized carbons (Fsp3) is 0.905. The van der Waals surface area contributed by atoms with Crippen molar-refractivity contribution < 1.29 is 9.84 Å². The molecule has 0 amide bonds. The van der Waals surface area contributed by atoms with Crippen molar-refractivity contribution in [3.05, 3.63) is 12.2 Å². The Balaban J connectivity index is 1.51. The summed E-state index contributed by atoms with van der Waals surface area (Å²) in [5.41, 5.74) is 1.44. The molecule has 0 aliphatic heterocycles. The molecule has 4 saturated carbocycles. The second-order valence-corrected chi connectivity index (χ2v) is 9.43. The van der Waals surface area contributed by atoms with Gasteiger partial charge in [0.2, 0.25) is 0 Å². The molecule has 0 heterocycles. The molecule has 7 atom stereocenters. The average molecular weight is 319 g/mol. The SMILES string of the molecule is C=C1CC[C@H]2[C@@H]3CC[C@@H]4C[C@@](O)(COC)CC[C@@H]4[C@H]3CC[C@]12C. The van der Waals surface area contributed by atoms with E-state index >= 15 is 0 Å². The third-order valence-corrected chi connectivity index (χ3v) is 8.47. The molecule has 130 valence electrons. The monoisotopic (exact) mass is 318 g/mol. The largest absolute Gasteiger partial charge is 0.387 e. The van der Waals surface area contributed by atoms with Gasteiger partial charge < -0.3 is 9.84 Å². The summed E-state index contributed by atoms with van der Waals surface area (Å²) >= 11 is 0. The van der Waals surface area contributed by atoms with Crippen molar-refractivity contribution in [2.24, 2.45) is 35.0 Å². The zero-order valence-electron chi connectivity index (χ0n) is 15.0. The van der Waals surface area contributed by atoms with Crippen molar-refractivity contribution >= 4 is 0 Å². The van der Waals surface area contributed by atoms with Crippen molar-refractivity contribution in [1.29, 1.82) is 0 Å². The standard InChI is InChI=1S/C21H34O2/c1-14-4-7-19-18-6-5-15-12-21(22,13-23-3)11-9-16(15)17(18)8-10-20(14,19)2/h15-19,22H,1,4-13H2,2-3H3/t15-,16+,17-,18-,19+,20-,21-/m1/s1. The number of hydrogen-bond acceptors (Lipinski definition) is 2. The lowest BCUT2D eigenvalue weighted by Gasteiger charge is -2.56. The van der Waals surface area contributed by atoms with Crippen LogP contribution in [-0.4, -0.2) is 24.4 Å². The minimum absolute atomic E-state index is 0.444. The van der Waals surface area contributed by atoms with Crippen LogP contribution in [0.25, 0.3) is 0 Å². The van der Waals surface area contributed by atoms with Crippen molar-refractivity contribution in [3.8, 4) is 0 Å². The third kappa shape index (κ3) is 2.43. The number of ether oxygens (including phenoxy) is 1. The van der Waals surface area contributed by atoms with Crippen LogP contribution in [0.4, 0.5) is 0 Å². The summed E-state index contributed by atoms with van der Waals surface area (Å²) in [4.78, 5) is 0. The van der Waals surface area contributed by atoms with E-state index in [1.54, 1.807) is 12.7 Å².